The molecule has 0 aromatic carbocycles. The molecule has 0 spiro atoms. The predicted molar refractivity (Wildman–Crippen MR) is 81.2 cm³/mol. The third-order valence-corrected chi connectivity index (χ3v) is 4.14. The highest BCUT2D eigenvalue weighted by Gasteiger charge is 2.94. The van der Waals surface area contributed by atoms with Gasteiger partial charge >= 0.3 is 53.7 Å². The first-order valence-electron chi connectivity index (χ1n) is 8.71. The number of carboxylic acids is 1. The molecule has 0 aliphatic rings. The first-order valence-corrected chi connectivity index (χ1v) is 8.71. The molecule has 0 bridgehead atoms. The van der Waals surface area contributed by atoms with Crippen LogP contribution in [0.3, 0.4) is 0 Å². The fourth-order valence-electron chi connectivity index (χ4n) is 2.12. The van der Waals surface area contributed by atoms with Crippen LogP contribution in [0.1, 0.15) is 19.8 Å². The molecule has 1 unspecified atom stereocenters. The van der Waals surface area contributed by atoms with Gasteiger partial charge in [0, 0.05) is 6.42 Å². The minimum Gasteiger partial charge on any atom is -0.481 e. The number of hydrogen-bond donors (Lipinski definition) is 2. The van der Waals surface area contributed by atoms with E-state index in [1.54, 1.807) is 0 Å². The number of carboxylic acid groups (broad SMARTS) is 1. The van der Waals surface area contributed by atoms with Gasteiger partial charge in [-0.15, -0.1) is 0 Å². The molecule has 0 aromatic heterocycles. The maximum absolute atomic E-state index is 13.8. The average molecular weight is 571 g/mol. The topological polar surface area (TPSA) is 92.7 Å². The average Bonchev–Trinajstić information content (AvgIpc) is 2.69. The van der Waals surface area contributed by atoms with Gasteiger partial charge in [0.15, 0.2) is 0 Å². The number of halogens is 15. The maximum atomic E-state index is 13.8. The van der Waals surface area contributed by atoms with E-state index in [2.05, 4.69) is 4.74 Å². The molecule has 0 heterocycles. The fourth-order valence-corrected chi connectivity index (χ4v) is 2.12. The zero-order valence-corrected chi connectivity index (χ0v) is 16.9. The largest absolute Gasteiger partial charge is 0.481 e. The van der Waals surface area contributed by atoms with Gasteiger partial charge in [-0.1, -0.05) is 0 Å². The van der Waals surface area contributed by atoms with Gasteiger partial charge in [0.25, 0.3) is 5.91 Å². The fraction of sp³-hybridized carbons (Fsp3) is 0.800. The second kappa shape index (κ2) is 10.0. The summed E-state index contributed by atoms with van der Waals surface area (Å²) in [6.07, 6.45) is -10.3. The molecule has 21 heteroatoms. The van der Waals surface area contributed by atoms with Gasteiger partial charge in [-0.05, 0) is 13.3 Å². The Morgan fingerprint density at radius 3 is 1.47 bits per heavy atom. The van der Waals surface area contributed by atoms with Crippen molar-refractivity contribution in [2.75, 3.05) is 6.61 Å². The third kappa shape index (κ3) is 5.37. The number of amides is 1. The number of ether oxygens (including phenoxy) is 1. The van der Waals surface area contributed by atoms with Crippen molar-refractivity contribution >= 4 is 17.8 Å². The van der Waals surface area contributed by atoms with E-state index < -0.39 is 85.0 Å². The van der Waals surface area contributed by atoms with Gasteiger partial charge in [0.1, 0.15) is 6.04 Å². The predicted octanol–water partition coefficient (Wildman–Crippen LogP) is 4.27. The van der Waals surface area contributed by atoms with E-state index in [9.17, 15) is 80.2 Å². The van der Waals surface area contributed by atoms with Crippen LogP contribution in [0, 0.1) is 0 Å². The summed E-state index contributed by atoms with van der Waals surface area (Å²) in [5, 5.41) is 8.98. The van der Waals surface area contributed by atoms with E-state index in [0.29, 0.717) is 5.32 Å². The molecule has 0 aromatic rings. The summed E-state index contributed by atoms with van der Waals surface area (Å²) in [4.78, 5) is 33.5. The number of aliphatic carboxylic acids is 1. The lowest BCUT2D eigenvalue weighted by atomic mass is 9.90. The number of esters is 1. The molecule has 0 aliphatic carbocycles. The van der Waals surface area contributed by atoms with E-state index in [4.69, 9.17) is 5.11 Å². The zero-order chi connectivity index (χ0) is 29.3. The number of carbonyl (C=O) groups is 3. The monoisotopic (exact) mass is 571 g/mol. The summed E-state index contributed by atoms with van der Waals surface area (Å²) in [7, 11) is 0. The van der Waals surface area contributed by atoms with Gasteiger partial charge in [-0.3, -0.25) is 9.59 Å². The van der Waals surface area contributed by atoms with Crippen LogP contribution < -0.4 is 5.32 Å². The quantitative estimate of drug-likeness (QED) is 0.270. The van der Waals surface area contributed by atoms with Crippen molar-refractivity contribution in [3.8, 4) is 0 Å². The Balaban J connectivity index is 6.46. The Kier molecular flexibility index (Phi) is 9.28. The van der Waals surface area contributed by atoms with Crippen molar-refractivity contribution in [3.63, 3.8) is 0 Å². The lowest BCUT2D eigenvalue weighted by Crippen LogP contribution is -2.74. The molecule has 36 heavy (non-hydrogen) atoms. The van der Waals surface area contributed by atoms with Gasteiger partial charge in [-0.25, -0.2) is 4.79 Å². The molecule has 1 amide bonds. The Morgan fingerprint density at radius 2 is 1.11 bits per heavy atom. The highest BCUT2D eigenvalue weighted by Crippen LogP contribution is 2.62. The van der Waals surface area contributed by atoms with Gasteiger partial charge in [0.05, 0.1) is 6.61 Å². The van der Waals surface area contributed by atoms with Gasteiger partial charge < -0.3 is 15.2 Å². The minimum atomic E-state index is -8.59. The van der Waals surface area contributed by atoms with E-state index in [1.807, 2.05) is 0 Å². The lowest BCUT2D eigenvalue weighted by molar-refractivity contribution is -0.449. The number of alkyl halides is 15. The summed E-state index contributed by atoms with van der Waals surface area (Å²) in [5.41, 5.74) is 0. The third-order valence-electron chi connectivity index (χ3n) is 4.14. The highest BCUT2D eigenvalue weighted by atomic mass is 19.4. The highest BCUT2D eigenvalue weighted by molar-refractivity contribution is 5.89. The van der Waals surface area contributed by atoms with Gasteiger partial charge in [0.2, 0.25) is 0 Å². The number of rotatable bonds is 12. The molecular weight excluding hydrogens is 559 g/mol. The van der Waals surface area contributed by atoms with Crippen LogP contribution in [0.5, 0.6) is 0 Å². The Hall–Kier alpha value is -2.64. The number of hydrogen-bond acceptors (Lipinski definition) is 4. The lowest BCUT2D eigenvalue weighted by Gasteiger charge is -2.41. The van der Waals surface area contributed by atoms with E-state index in [0.717, 1.165) is 6.92 Å². The molecule has 1 atom stereocenters. The molecule has 2 N–H and O–H groups in total. The second-order valence-electron chi connectivity index (χ2n) is 6.65. The van der Waals surface area contributed by atoms with Crippen LogP contribution in [0.4, 0.5) is 65.9 Å². The smallest absolute Gasteiger partial charge is 0.460 e. The molecule has 0 radical (unpaired) electrons. The summed E-state index contributed by atoms with van der Waals surface area (Å²) >= 11 is 0. The maximum Gasteiger partial charge on any atom is 0.460 e. The van der Waals surface area contributed by atoms with Crippen LogP contribution in [-0.4, -0.2) is 77.3 Å². The first kappa shape index (κ1) is 33.4. The molecular formula is C15H12F15NO5. The second-order valence-corrected chi connectivity index (χ2v) is 6.65. The number of nitrogens with one attached hydrogen (secondary N) is 1. The Bertz CT molecular complexity index is 840. The van der Waals surface area contributed by atoms with Crippen LogP contribution >= 0.6 is 0 Å². The molecule has 0 fully saturated rings. The molecule has 6 nitrogen and oxygen atoms in total. The number of carbonyl (C=O) groups excluding carboxylic acids is 2. The molecule has 0 rings (SSSR count). The molecule has 0 aliphatic heterocycles. The summed E-state index contributed by atoms with van der Waals surface area (Å²) in [6.45, 7) is 0.383. The molecule has 212 valence electrons. The summed E-state index contributed by atoms with van der Waals surface area (Å²) in [5.74, 6) is -56.7. The van der Waals surface area contributed by atoms with Crippen LogP contribution in [0.2, 0.25) is 0 Å². The summed E-state index contributed by atoms with van der Waals surface area (Å²) in [6, 6.07) is -2.67. The van der Waals surface area contributed by atoms with Crippen molar-refractivity contribution < 1.29 is 90.1 Å². The SMILES string of the molecule is CCOC(=O)C(CCC(=O)O)NC(=O)C(F)(F)C(F)(F)C(F)(F)C(F)(F)C(F)(F)C(F)(F)C(F)(F)F. The zero-order valence-electron chi connectivity index (χ0n) is 16.9. The standard InChI is InChI=1S/C15H12F15NO5/c1-2-36-7(34)5(3-4-6(32)33)31-8(35)9(16,17)10(18,19)11(20,21)12(22,23)13(24,25)14(26,27)15(28,29)30/h5H,2-4H2,1H3,(H,31,35)(H,32,33). The van der Waals surface area contributed by atoms with Crippen LogP contribution in [0.15, 0.2) is 0 Å². The Morgan fingerprint density at radius 1 is 0.722 bits per heavy atom. The van der Waals surface area contributed by atoms with Crippen molar-refractivity contribution in [1.29, 1.82) is 0 Å². The van der Waals surface area contributed by atoms with E-state index >= 15 is 0 Å². The normalized spacial score (nSPS) is 15.3. The molecule has 0 saturated heterocycles. The van der Waals surface area contributed by atoms with E-state index in [-0.39, 0.29) is 0 Å². The van der Waals surface area contributed by atoms with Crippen LogP contribution in [-0.2, 0) is 19.1 Å². The minimum absolute atomic E-state index is 0.519. The van der Waals surface area contributed by atoms with Gasteiger partial charge in [-0.2, -0.15) is 65.9 Å². The van der Waals surface area contributed by atoms with Crippen molar-refractivity contribution in [2.45, 2.75) is 67.5 Å². The van der Waals surface area contributed by atoms with E-state index in [1.165, 1.54) is 0 Å². The van der Waals surface area contributed by atoms with Crippen LogP contribution in [0.25, 0.3) is 0 Å². The van der Waals surface area contributed by atoms with Crippen molar-refractivity contribution in [2.24, 2.45) is 0 Å². The Labute approximate surface area is 188 Å². The summed E-state index contributed by atoms with van der Waals surface area (Å²) < 4.78 is 201. The van der Waals surface area contributed by atoms with Crippen molar-refractivity contribution in [1.82, 2.24) is 5.32 Å². The molecule has 0 saturated carbocycles. The first-order chi connectivity index (χ1) is 15.7. The van der Waals surface area contributed by atoms with Crippen molar-refractivity contribution in [3.05, 3.63) is 0 Å².